The lowest BCUT2D eigenvalue weighted by Gasteiger charge is -2.20. The Bertz CT molecular complexity index is 368. The summed E-state index contributed by atoms with van der Waals surface area (Å²) in [5.74, 6) is 0. The minimum Gasteiger partial charge on any atom is -0.306 e. The molecule has 2 saturated heterocycles. The molecule has 88 valence electrons. The Morgan fingerprint density at radius 3 is 3.25 bits per heavy atom. The molecule has 2 aliphatic rings. The molecule has 3 heterocycles. The van der Waals surface area contributed by atoms with E-state index >= 15 is 0 Å². The average molecular weight is 258 g/mol. The zero-order chi connectivity index (χ0) is 11.0. The van der Waals surface area contributed by atoms with E-state index in [1.54, 1.807) is 17.5 Å². The predicted octanol–water partition coefficient (Wildman–Crippen LogP) is 2.12. The smallest absolute Gasteiger partial charge is 0.113 e. The predicted molar refractivity (Wildman–Crippen MR) is 67.0 cm³/mol. The quantitative estimate of drug-likeness (QED) is 0.899. The molecule has 1 N–H and O–H groups in total. The zero-order valence-electron chi connectivity index (χ0n) is 9.16. The van der Waals surface area contributed by atoms with Crippen LogP contribution in [0.25, 0.3) is 0 Å². The molecule has 0 saturated carbocycles. The topological polar surface area (TPSA) is 28.2 Å². The molecule has 2 atom stereocenters. The molecule has 0 aliphatic carbocycles. The molecule has 5 heteroatoms. The van der Waals surface area contributed by atoms with Crippen LogP contribution in [-0.2, 0) is 6.54 Å². The summed E-state index contributed by atoms with van der Waals surface area (Å²) in [4.78, 5) is 6.89. The zero-order valence-corrected chi connectivity index (χ0v) is 10.7. The number of aromatic nitrogens is 1. The van der Waals surface area contributed by atoms with Crippen molar-refractivity contribution in [1.82, 2.24) is 15.2 Å². The molecular weight excluding hydrogens is 242 g/mol. The van der Waals surface area contributed by atoms with E-state index in [9.17, 15) is 0 Å². The van der Waals surface area contributed by atoms with Crippen LogP contribution in [0, 0.1) is 0 Å². The highest BCUT2D eigenvalue weighted by atomic mass is 35.5. The van der Waals surface area contributed by atoms with Crippen molar-refractivity contribution in [3.8, 4) is 0 Å². The molecule has 2 unspecified atom stereocenters. The molecule has 2 aliphatic heterocycles. The number of thiazole rings is 1. The van der Waals surface area contributed by atoms with Crippen molar-refractivity contribution in [3.63, 3.8) is 0 Å². The first-order chi connectivity index (χ1) is 7.83. The normalized spacial score (nSPS) is 29.8. The molecule has 3 nitrogen and oxygen atoms in total. The van der Waals surface area contributed by atoms with Gasteiger partial charge in [-0.05, 0) is 25.8 Å². The van der Waals surface area contributed by atoms with Gasteiger partial charge in [-0.15, -0.1) is 11.3 Å². The lowest BCUT2D eigenvalue weighted by Crippen LogP contribution is -2.38. The maximum absolute atomic E-state index is 5.86. The molecule has 1 aromatic rings. The fourth-order valence-corrected chi connectivity index (χ4v) is 3.82. The standard InChI is InChI=1S/C11H16ClN3S/c12-10-6-14-11(16-10)7-13-8-3-5-15-4-1-2-9(8)15/h6,8-9,13H,1-5,7H2. The second-order valence-corrected chi connectivity index (χ2v) is 6.33. The van der Waals surface area contributed by atoms with Gasteiger partial charge in [0, 0.05) is 25.2 Å². The number of halogens is 1. The summed E-state index contributed by atoms with van der Waals surface area (Å²) in [6.45, 7) is 3.43. The first kappa shape index (κ1) is 11.0. The van der Waals surface area contributed by atoms with Gasteiger partial charge < -0.3 is 5.32 Å². The van der Waals surface area contributed by atoms with Gasteiger partial charge in [0.05, 0.1) is 6.20 Å². The van der Waals surface area contributed by atoms with Gasteiger partial charge in [-0.1, -0.05) is 11.6 Å². The molecule has 0 radical (unpaired) electrons. The third kappa shape index (κ3) is 2.12. The summed E-state index contributed by atoms with van der Waals surface area (Å²) >= 11 is 7.44. The first-order valence-corrected chi connectivity index (χ1v) is 7.10. The van der Waals surface area contributed by atoms with E-state index < -0.39 is 0 Å². The highest BCUT2D eigenvalue weighted by Gasteiger charge is 2.36. The van der Waals surface area contributed by atoms with Crippen molar-refractivity contribution < 1.29 is 0 Å². The first-order valence-electron chi connectivity index (χ1n) is 5.90. The van der Waals surface area contributed by atoms with E-state index in [2.05, 4.69) is 15.2 Å². The highest BCUT2D eigenvalue weighted by Crippen LogP contribution is 2.28. The highest BCUT2D eigenvalue weighted by molar-refractivity contribution is 7.15. The van der Waals surface area contributed by atoms with Crippen LogP contribution in [0.2, 0.25) is 4.34 Å². The number of nitrogens with zero attached hydrogens (tertiary/aromatic N) is 2. The lowest BCUT2D eigenvalue weighted by atomic mass is 10.1. The van der Waals surface area contributed by atoms with Crippen molar-refractivity contribution in [1.29, 1.82) is 0 Å². The Kier molecular flexibility index (Phi) is 3.16. The molecule has 0 amide bonds. The summed E-state index contributed by atoms with van der Waals surface area (Å²) in [6.07, 6.45) is 5.74. The fraction of sp³-hybridized carbons (Fsp3) is 0.727. The number of fused-ring (bicyclic) bond motifs is 1. The number of hydrogen-bond donors (Lipinski definition) is 1. The molecule has 0 bridgehead atoms. The summed E-state index contributed by atoms with van der Waals surface area (Å²) in [5.41, 5.74) is 0. The monoisotopic (exact) mass is 257 g/mol. The second-order valence-electron chi connectivity index (χ2n) is 4.58. The van der Waals surface area contributed by atoms with Gasteiger partial charge in [0.25, 0.3) is 0 Å². The van der Waals surface area contributed by atoms with Gasteiger partial charge in [-0.25, -0.2) is 4.98 Å². The molecular formula is C11H16ClN3S. The molecule has 3 rings (SSSR count). The number of nitrogens with one attached hydrogen (secondary N) is 1. The molecule has 16 heavy (non-hydrogen) atoms. The largest absolute Gasteiger partial charge is 0.306 e. The van der Waals surface area contributed by atoms with Crippen molar-refractivity contribution >= 4 is 22.9 Å². The van der Waals surface area contributed by atoms with Crippen molar-refractivity contribution in [2.75, 3.05) is 13.1 Å². The van der Waals surface area contributed by atoms with Crippen molar-refractivity contribution in [2.24, 2.45) is 0 Å². The summed E-state index contributed by atoms with van der Waals surface area (Å²) in [6, 6.07) is 1.43. The van der Waals surface area contributed by atoms with E-state index in [1.807, 2.05) is 0 Å². The van der Waals surface area contributed by atoms with Gasteiger partial charge in [0.15, 0.2) is 0 Å². The number of hydrogen-bond acceptors (Lipinski definition) is 4. The second kappa shape index (κ2) is 4.61. The lowest BCUT2D eigenvalue weighted by molar-refractivity contribution is 0.298. The maximum Gasteiger partial charge on any atom is 0.113 e. The van der Waals surface area contributed by atoms with Gasteiger partial charge in [-0.2, -0.15) is 0 Å². The third-order valence-electron chi connectivity index (χ3n) is 3.65. The molecule has 0 aromatic carbocycles. The minimum atomic E-state index is 0.658. The van der Waals surface area contributed by atoms with Crippen molar-refractivity contribution in [2.45, 2.75) is 37.9 Å². The van der Waals surface area contributed by atoms with E-state index in [-0.39, 0.29) is 0 Å². The molecule has 1 aromatic heterocycles. The minimum absolute atomic E-state index is 0.658. The van der Waals surface area contributed by atoms with Crippen molar-refractivity contribution in [3.05, 3.63) is 15.5 Å². The summed E-state index contributed by atoms with van der Waals surface area (Å²) in [7, 11) is 0. The van der Waals surface area contributed by atoms with E-state index in [1.165, 1.54) is 32.4 Å². The summed E-state index contributed by atoms with van der Waals surface area (Å²) in [5, 5.41) is 4.73. The van der Waals surface area contributed by atoms with Gasteiger partial charge in [0.2, 0.25) is 0 Å². The molecule has 0 spiro atoms. The fourth-order valence-electron chi connectivity index (χ4n) is 2.91. The van der Waals surface area contributed by atoms with E-state index in [0.29, 0.717) is 6.04 Å². The van der Waals surface area contributed by atoms with E-state index in [4.69, 9.17) is 11.6 Å². The Hall–Kier alpha value is -0.160. The number of rotatable bonds is 3. The Balaban J connectivity index is 1.55. The third-order valence-corrected chi connectivity index (χ3v) is 4.76. The van der Waals surface area contributed by atoms with Crippen LogP contribution in [-0.4, -0.2) is 35.1 Å². The van der Waals surface area contributed by atoms with Crippen LogP contribution in [0.15, 0.2) is 6.20 Å². The maximum atomic E-state index is 5.86. The van der Waals surface area contributed by atoms with Crippen LogP contribution < -0.4 is 5.32 Å². The molecule has 2 fully saturated rings. The SMILES string of the molecule is Clc1cnc(CNC2CCN3CCCC23)s1. The van der Waals surface area contributed by atoms with Crippen LogP contribution in [0.5, 0.6) is 0 Å². The average Bonchev–Trinajstić information content (AvgIpc) is 2.91. The van der Waals surface area contributed by atoms with Crippen LogP contribution in [0.1, 0.15) is 24.3 Å². The Morgan fingerprint density at radius 1 is 1.50 bits per heavy atom. The Morgan fingerprint density at radius 2 is 2.44 bits per heavy atom. The van der Waals surface area contributed by atoms with Gasteiger partial charge in [-0.3, -0.25) is 4.90 Å². The summed E-state index contributed by atoms with van der Waals surface area (Å²) < 4.78 is 0.783. The van der Waals surface area contributed by atoms with E-state index in [0.717, 1.165) is 21.9 Å². The van der Waals surface area contributed by atoms with Crippen LogP contribution >= 0.6 is 22.9 Å². The van der Waals surface area contributed by atoms with Gasteiger partial charge in [0.1, 0.15) is 9.34 Å². The Labute approximate surface area is 105 Å². The van der Waals surface area contributed by atoms with Crippen LogP contribution in [0.3, 0.4) is 0 Å². The van der Waals surface area contributed by atoms with Gasteiger partial charge >= 0.3 is 0 Å². The van der Waals surface area contributed by atoms with Crippen LogP contribution in [0.4, 0.5) is 0 Å².